The standard InChI is InChI=1S/C19H20N2O4S/c1-13(22)15-6-10-18(11-7-15)26(24,25)21(17-8-9-17)12-14-2-4-16(5-3-14)19(20)23/h2-7,10-11,17H,8-9,12H2,1H3,(H2,20,23). The zero-order valence-electron chi connectivity index (χ0n) is 14.4. The molecule has 3 rings (SSSR count). The number of benzene rings is 2. The van der Waals surface area contributed by atoms with Crippen molar-refractivity contribution in [2.75, 3.05) is 0 Å². The number of rotatable bonds is 7. The van der Waals surface area contributed by atoms with Crippen LogP contribution in [-0.2, 0) is 16.6 Å². The Kier molecular flexibility index (Phi) is 4.93. The molecule has 2 aromatic carbocycles. The first-order valence-electron chi connectivity index (χ1n) is 8.30. The Morgan fingerprint density at radius 1 is 1.00 bits per heavy atom. The minimum atomic E-state index is -3.67. The van der Waals surface area contributed by atoms with Crippen molar-refractivity contribution in [1.82, 2.24) is 4.31 Å². The van der Waals surface area contributed by atoms with Crippen LogP contribution in [0.4, 0.5) is 0 Å². The molecule has 1 fully saturated rings. The van der Waals surface area contributed by atoms with Crippen LogP contribution in [0.25, 0.3) is 0 Å². The fraction of sp³-hybridized carbons (Fsp3) is 0.263. The first kappa shape index (κ1) is 18.3. The molecule has 7 heteroatoms. The lowest BCUT2D eigenvalue weighted by molar-refractivity contribution is 0.0996. The molecule has 0 saturated heterocycles. The molecule has 0 unspecified atom stereocenters. The number of hydrogen-bond donors (Lipinski definition) is 1. The van der Waals surface area contributed by atoms with E-state index in [2.05, 4.69) is 0 Å². The summed E-state index contributed by atoms with van der Waals surface area (Å²) in [4.78, 5) is 22.7. The molecule has 1 amide bonds. The number of carbonyl (C=O) groups excluding carboxylic acids is 2. The summed E-state index contributed by atoms with van der Waals surface area (Å²) in [6.45, 7) is 1.66. The average Bonchev–Trinajstić information content (AvgIpc) is 3.44. The predicted octanol–water partition coefficient (Wildman–Crippen LogP) is 2.34. The Balaban J connectivity index is 1.86. The van der Waals surface area contributed by atoms with Gasteiger partial charge in [0.2, 0.25) is 15.9 Å². The second kappa shape index (κ2) is 7.01. The van der Waals surface area contributed by atoms with E-state index >= 15 is 0 Å². The second-order valence-electron chi connectivity index (χ2n) is 6.42. The van der Waals surface area contributed by atoms with Gasteiger partial charge in [-0.3, -0.25) is 9.59 Å². The largest absolute Gasteiger partial charge is 0.366 e. The fourth-order valence-corrected chi connectivity index (χ4v) is 4.40. The predicted molar refractivity (Wildman–Crippen MR) is 97.2 cm³/mol. The van der Waals surface area contributed by atoms with Crippen LogP contribution in [0, 0.1) is 0 Å². The molecule has 0 aromatic heterocycles. The van der Waals surface area contributed by atoms with Crippen molar-refractivity contribution in [2.45, 2.75) is 37.2 Å². The summed E-state index contributed by atoms with van der Waals surface area (Å²) in [7, 11) is -3.67. The van der Waals surface area contributed by atoms with Gasteiger partial charge in [-0.25, -0.2) is 8.42 Å². The zero-order chi connectivity index (χ0) is 18.9. The molecule has 1 saturated carbocycles. The van der Waals surface area contributed by atoms with Crippen LogP contribution in [-0.4, -0.2) is 30.5 Å². The Labute approximate surface area is 152 Å². The summed E-state index contributed by atoms with van der Waals surface area (Å²) >= 11 is 0. The van der Waals surface area contributed by atoms with E-state index in [9.17, 15) is 18.0 Å². The van der Waals surface area contributed by atoms with E-state index < -0.39 is 15.9 Å². The molecule has 0 heterocycles. The van der Waals surface area contributed by atoms with Crippen LogP contribution in [0.5, 0.6) is 0 Å². The number of carbonyl (C=O) groups is 2. The highest BCUT2D eigenvalue weighted by Crippen LogP contribution is 2.33. The molecule has 1 aliphatic rings. The molecule has 136 valence electrons. The molecule has 0 bridgehead atoms. The van der Waals surface area contributed by atoms with Gasteiger partial charge in [0.15, 0.2) is 5.78 Å². The van der Waals surface area contributed by atoms with E-state index in [1.807, 2.05) is 0 Å². The summed E-state index contributed by atoms with van der Waals surface area (Å²) in [5.41, 5.74) is 6.88. The zero-order valence-corrected chi connectivity index (χ0v) is 15.2. The third-order valence-electron chi connectivity index (χ3n) is 4.40. The average molecular weight is 372 g/mol. The van der Waals surface area contributed by atoms with Crippen LogP contribution in [0.3, 0.4) is 0 Å². The van der Waals surface area contributed by atoms with Crippen molar-refractivity contribution in [1.29, 1.82) is 0 Å². The number of amides is 1. The first-order chi connectivity index (χ1) is 12.3. The smallest absolute Gasteiger partial charge is 0.248 e. The van der Waals surface area contributed by atoms with Gasteiger partial charge >= 0.3 is 0 Å². The van der Waals surface area contributed by atoms with Crippen LogP contribution in [0.2, 0.25) is 0 Å². The topological polar surface area (TPSA) is 97.5 Å². The number of sulfonamides is 1. The maximum Gasteiger partial charge on any atom is 0.248 e. The Hall–Kier alpha value is -2.51. The molecule has 6 nitrogen and oxygen atoms in total. The number of Topliss-reactive ketones (excluding diaryl/α,β-unsaturated/α-hetero) is 1. The van der Waals surface area contributed by atoms with E-state index in [-0.39, 0.29) is 23.3 Å². The quantitative estimate of drug-likeness (QED) is 0.754. The number of nitrogens with two attached hydrogens (primary N) is 1. The number of ketones is 1. The number of hydrogen-bond acceptors (Lipinski definition) is 4. The third-order valence-corrected chi connectivity index (χ3v) is 6.31. The van der Waals surface area contributed by atoms with Gasteiger partial charge in [0, 0.05) is 23.7 Å². The van der Waals surface area contributed by atoms with Gasteiger partial charge < -0.3 is 5.73 Å². The third kappa shape index (κ3) is 3.84. The minimum absolute atomic E-state index is 0.0247. The molecular weight excluding hydrogens is 352 g/mol. The highest BCUT2D eigenvalue weighted by Gasteiger charge is 2.38. The van der Waals surface area contributed by atoms with Crippen molar-refractivity contribution in [3.05, 3.63) is 65.2 Å². The first-order valence-corrected chi connectivity index (χ1v) is 9.74. The van der Waals surface area contributed by atoms with E-state index in [1.54, 1.807) is 24.3 Å². The molecule has 26 heavy (non-hydrogen) atoms. The van der Waals surface area contributed by atoms with Gasteiger partial charge in [0.25, 0.3) is 0 Å². The summed E-state index contributed by atoms with van der Waals surface area (Å²) in [5.74, 6) is -0.628. The van der Waals surface area contributed by atoms with Crippen molar-refractivity contribution in [2.24, 2.45) is 5.73 Å². The lowest BCUT2D eigenvalue weighted by Crippen LogP contribution is -2.32. The summed E-state index contributed by atoms with van der Waals surface area (Å²) in [6.07, 6.45) is 1.65. The second-order valence-corrected chi connectivity index (χ2v) is 8.31. The molecule has 0 atom stereocenters. The summed E-state index contributed by atoms with van der Waals surface area (Å²) in [6, 6.07) is 12.6. The number of nitrogens with zero attached hydrogens (tertiary/aromatic N) is 1. The Morgan fingerprint density at radius 3 is 2.00 bits per heavy atom. The van der Waals surface area contributed by atoms with Gasteiger partial charge in [0.05, 0.1) is 4.90 Å². The van der Waals surface area contributed by atoms with Crippen molar-refractivity contribution >= 4 is 21.7 Å². The molecule has 0 spiro atoms. The molecule has 0 aliphatic heterocycles. The van der Waals surface area contributed by atoms with Crippen LogP contribution < -0.4 is 5.73 Å². The molecule has 0 radical (unpaired) electrons. The van der Waals surface area contributed by atoms with Crippen LogP contribution in [0.1, 0.15) is 46.0 Å². The maximum atomic E-state index is 13.0. The van der Waals surface area contributed by atoms with Crippen LogP contribution >= 0.6 is 0 Å². The lowest BCUT2D eigenvalue weighted by atomic mass is 10.1. The highest BCUT2D eigenvalue weighted by atomic mass is 32.2. The monoisotopic (exact) mass is 372 g/mol. The SMILES string of the molecule is CC(=O)c1ccc(S(=O)(=O)N(Cc2ccc(C(N)=O)cc2)C2CC2)cc1. The Morgan fingerprint density at radius 2 is 1.54 bits per heavy atom. The van der Waals surface area contributed by atoms with E-state index in [1.165, 1.54) is 35.5 Å². The maximum absolute atomic E-state index is 13.0. The van der Waals surface area contributed by atoms with Crippen molar-refractivity contribution < 1.29 is 18.0 Å². The van der Waals surface area contributed by atoms with Crippen LogP contribution in [0.15, 0.2) is 53.4 Å². The fourth-order valence-electron chi connectivity index (χ4n) is 2.72. The minimum Gasteiger partial charge on any atom is -0.366 e. The summed E-state index contributed by atoms with van der Waals surface area (Å²) < 4.78 is 27.6. The Bertz CT molecular complexity index is 931. The van der Waals surface area contributed by atoms with Gasteiger partial charge in [0.1, 0.15) is 0 Å². The molecule has 2 N–H and O–H groups in total. The van der Waals surface area contributed by atoms with Gasteiger partial charge in [-0.2, -0.15) is 4.31 Å². The van der Waals surface area contributed by atoms with E-state index in [0.717, 1.165) is 18.4 Å². The highest BCUT2D eigenvalue weighted by molar-refractivity contribution is 7.89. The van der Waals surface area contributed by atoms with Gasteiger partial charge in [-0.15, -0.1) is 0 Å². The normalized spacial score (nSPS) is 14.4. The number of primary amides is 1. The van der Waals surface area contributed by atoms with Gasteiger partial charge in [-0.1, -0.05) is 24.3 Å². The molecular formula is C19H20N2O4S. The van der Waals surface area contributed by atoms with Crippen molar-refractivity contribution in [3.63, 3.8) is 0 Å². The van der Waals surface area contributed by atoms with Crippen molar-refractivity contribution in [3.8, 4) is 0 Å². The lowest BCUT2D eigenvalue weighted by Gasteiger charge is -2.22. The molecule has 1 aliphatic carbocycles. The van der Waals surface area contributed by atoms with Gasteiger partial charge in [-0.05, 0) is 49.6 Å². The summed E-state index contributed by atoms with van der Waals surface area (Å²) in [5, 5.41) is 0. The van der Waals surface area contributed by atoms with E-state index in [4.69, 9.17) is 5.73 Å². The van der Waals surface area contributed by atoms with E-state index in [0.29, 0.717) is 11.1 Å². The molecule has 2 aromatic rings.